The second-order valence-corrected chi connectivity index (χ2v) is 10.0. The molecular formula is C11H22Si. The normalized spacial score (nSPS) is 13.2. The van der Waals surface area contributed by atoms with E-state index in [1.807, 2.05) is 6.08 Å². The molecule has 0 aliphatic rings. The summed E-state index contributed by atoms with van der Waals surface area (Å²) in [5, 5.41) is 0. The van der Waals surface area contributed by atoms with E-state index in [-0.39, 0.29) is 0 Å². The zero-order chi connectivity index (χ0) is 9.61. The van der Waals surface area contributed by atoms with Crippen LogP contribution < -0.4 is 0 Å². The third-order valence-electron chi connectivity index (χ3n) is 1.68. The molecule has 0 spiro atoms. The van der Waals surface area contributed by atoms with Gasteiger partial charge >= 0.3 is 0 Å². The molecule has 0 N–H and O–H groups in total. The van der Waals surface area contributed by atoms with Gasteiger partial charge in [-0.3, -0.25) is 0 Å². The average Bonchev–Trinajstić information content (AvgIpc) is 1.84. The van der Waals surface area contributed by atoms with Crippen LogP contribution >= 0.6 is 0 Å². The summed E-state index contributed by atoms with van der Waals surface area (Å²) >= 11 is 0. The Hall–Kier alpha value is -0.303. The molecule has 1 heteroatoms. The first-order valence-electron chi connectivity index (χ1n) is 4.80. The van der Waals surface area contributed by atoms with Crippen molar-refractivity contribution >= 4 is 8.07 Å². The molecule has 0 aromatic carbocycles. The molecule has 0 saturated carbocycles. The van der Waals surface area contributed by atoms with Gasteiger partial charge in [-0.25, -0.2) is 0 Å². The highest BCUT2D eigenvalue weighted by molar-refractivity contribution is 6.76. The zero-order valence-electron chi connectivity index (χ0n) is 8.98. The lowest BCUT2D eigenvalue weighted by molar-refractivity contribution is 0.900. The van der Waals surface area contributed by atoms with Crippen LogP contribution in [0.4, 0.5) is 0 Å². The van der Waals surface area contributed by atoms with Crippen molar-refractivity contribution in [3.63, 3.8) is 0 Å². The lowest BCUT2D eigenvalue weighted by Crippen LogP contribution is -2.19. The molecule has 0 bridgehead atoms. The van der Waals surface area contributed by atoms with Crippen LogP contribution in [0.25, 0.3) is 0 Å². The second-order valence-electron chi connectivity index (χ2n) is 4.55. The van der Waals surface area contributed by atoms with Gasteiger partial charge in [0.05, 0.1) is 0 Å². The van der Waals surface area contributed by atoms with Crippen molar-refractivity contribution in [3.05, 3.63) is 24.3 Å². The van der Waals surface area contributed by atoms with Crippen LogP contribution in [0.5, 0.6) is 0 Å². The Kier molecular flexibility index (Phi) is 5.23. The molecule has 0 amide bonds. The first kappa shape index (κ1) is 11.7. The number of hydrogen-bond donors (Lipinski definition) is 0. The van der Waals surface area contributed by atoms with Crippen molar-refractivity contribution in [3.8, 4) is 0 Å². The Balaban J connectivity index is 4.14. The van der Waals surface area contributed by atoms with E-state index in [4.69, 9.17) is 0 Å². The highest BCUT2D eigenvalue weighted by Gasteiger charge is 2.14. The van der Waals surface area contributed by atoms with Crippen LogP contribution in [0.2, 0.25) is 25.7 Å². The Morgan fingerprint density at radius 1 is 1.33 bits per heavy atom. The molecular weight excluding hydrogens is 160 g/mol. The maximum atomic E-state index is 3.75. The minimum atomic E-state index is -0.911. The predicted molar refractivity (Wildman–Crippen MR) is 61.3 cm³/mol. The van der Waals surface area contributed by atoms with Crippen molar-refractivity contribution in [1.29, 1.82) is 0 Å². The van der Waals surface area contributed by atoms with Gasteiger partial charge in [-0.05, 0) is 12.5 Å². The maximum absolute atomic E-state index is 3.75. The molecule has 0 fully saturated rings. The van der Waals surface area contributed by atoms with Gasteiger partial charge in [0, 0.05) is 8.07 Å². The predicted octanol–water partition coefficient (Wildman–Crippen LogP) is 4.24. The lowest BCUT2D eigenvalue weighted by atomic mass is 10.1. The highest BCUT2D eigenvalue weighted by atomic mass is 28.3. The van der Waals surface area contributed by atoms with Crippen molar-refractivity contribution in [2.45, 2.75) is 45.5 Å². The Labute approximate surface area is 78.4 Å². The van der Waals surface area contributed by atoms with Crippen LogP contribution in [0.15, 0.2) is 24.3 Å². The highest BCUT2D eigenvalue weighted by Crippen LogP contribution is 2.19. The fraction of sp³-hybridized carbons (Fsp3) is 0.636. The first-order chi connectivity index (χ1) is 5.49. The summed E-state index contributed by atoms with van der Waals surface area (Å²) in [4.78, 5) is 0. The summed E-state index contributed by atoms with van der Waals surface area (Å²) in [5.41, 5.74) is 1.59. The van der Waals surface area contributed by atoms with Crippen molar-refractivity contribution < 1.29 is 0 Å². The van der Waals surface area contributed by atoms with E-state index in [1.165, 1.54) is 18.9 Å². The molecule has 0 unspecified atom stereocenters. The smallest absolute Gasteiger partial charge is 0.0483 e. The van der Waals surface area contributed by atoms with Gasteiger partial charge in [0.2, 0.25) is 0 Å². The minimum absolute atomic E-state index is 0.911. The molecule has 12 heavy (non-hydrogen) atoms. The van der Waals surface area contributed by atoms with Gasteiger partial charge in [-0.15, -0.1) is 0 Å². The fourth-order valence-corrected chi connectivity index (χ4v) is 3.06. The molecule has 0 aromatic heterocycles. The summed E-state index contributed by atoms with van der Waals surface area (Å²) < 4.78 is 0. The van der Waals surface area contributed by atoms with Crippen molar-refractivity contribution in [1.82, 2.24) is 0 Å². The van der Waals surface area contributed by atoms with Gasteiger partial charge < -0.3 is 0 Å². The van der Waals surface area contributed by atoms with Crippen LogP contribution in [0, 0.1) is 0 Å². The Morgan fingerprint density at radius 2 is 1.92 bits per heavy atom. The second kappa shape index (κ2) is 5.36. The molecule has 0 aliphatic heterocycles. The molecule has 0 aromatic rings. The van der Waals surface area contributed by atoms with Gasteiger partial charge in [0.1, 0.15) is 0 Å². The molecule has 0 rings (SSSR count). The Bertz CT molecular complexity index is 160. The van der Waals surface area contributed by atoms with E-state index in [0.717, 1.165) is 0 Å². The SMILES string of the molecule is C=C/C=C(/CCC)C[Si](C)(C)C. The van der Waals surface area contributed by atoms with Crippen LogP contribution in [-0.2, 0) is 0 Å². The summed E-state index contributed by atoms with van der Waals surface area (Å²) in [6, 6.07) is 1.33. The molecule has 0 radical (unpaired) electrons. The zero-order valence-corrected chi connectivity index (χ0v) is 9.98. The standard InChI is InChI=1S/C11H22Si/c1-6-8-11(9-7-2)10-12(3,4)5/h6,8H,1,7,9-10H2,2-5H3/b11-8-. The quantitative estimate of drug-likeness (QED) is 0.441. The number of allylic oxidation sites excluding steroid dienone is 3. The van der Waals surface area contributed by atoms with E-state index in [2.05, 4.69) is 39.2 Å². The van der Waals surface area contributed by atoms with E-state index in [0.29, 0.717) is 0 Å². The van der Waals surface area contributed by atoms with E-state index in [1.54, 1.807) is 5.57 Å². The topological polar surface area (TPSA) is 0 Å². The first-order valence-corrected chi connectivity index (χ1v) is 8.51. The summed E-state index contributed by atoms with van der Waals surface area (Å²) in [5.74, 6) is 0. The fourth-order valence-electron chi connectivity index (χ4n) is 1.40. The third kappa shape index (κ3) is 6.41. The molecule has 0 nitrogen and oxygen atoms in total. The van der Waals surface area contributed by atoms with Crippen LogP contribution in [-0.4, -0.2) is 8.07 Å². The van der Waals surface area contributed by atoms with Crippen LogP contribution in [0.3, 0.4) is 0 Å². The average molecular weight is 182 g/mol. The molecule has 0 atom stereocenters. The van der Waals surface area contributed by atoms with Gasteiger partial charge in [0.15, 0.2) is 0 Å². The number of hydrogen-bond acceptors (Lipinski definition) is 0. The molecule has 0 aliphatic carbocycles. The lowest BCUT2D eigenvalue weighted by Gasteiger charge is -2.17. The van der Waals surface area contributed by atoms with E-state index in [9.17, 15) is 0 Å². The summed E-state index contributed by atoms with van der Waals surface area (Å²) in [6.07, 6.45) is 6.62. The molecule has 70 valence electrons. The Morgan fingerprint density at radius 3 is 2.25 bits per heavy atom. The number of rotatable bonds is 5. The molecule has 0 heterocycles. The minimum Gasteiger partial charge on any atom is -0.0991 e. The summed E-state index contributed by atoms with van der Waals surface area (Å²) in [6.45, 7) is 13.2. The van der Waals surface area contributed by atoms with Crippen molar-refractivity contribution in [2.75, 3.05) is 0 Å². The summed E-state index contributed by atoms with van der Waals surface area (Å²) in [7, 11) is -0.911. The third-order valence-corrected chi connectivity index (χ3v) is 3.20. The van der Waals surface area contributed by atoms with E-state index >= 15 is 0 Å². The van der Waals surface area contributed by atoms with Crippen LogP contribution in [0.1, 0.15) is 19.8 Å². The van der Waals surface area contributed by atoms with Gasteiger partial charge in [-0.1, -0.05) is 57.3 Å². The largest absolute Gasteiger partial charge is 0.0991 e. The van der Waals surface area contributed by atoms with Gasteiger partial charge in [0.25, 0.3) is 0 Å². The maximum Gasteiger partial charge on any atom is 0.0483 e. The molecule has 0 saturated heterocycles. The van der Waals surface area contributed by atoms with Crippen molar-refractivity contribution in [2.24, 2.45) is 0 Å². The van der Waals surface area contributed by atoms with Gasteiger partial charge in [-0.2, -0.15) is 0 Å². The van der Waals surface area contributed by atoms with E-state index < -0.39 is 8.07 Å². The monoisotopic (exact) mass is 182 g/mol.